The van der Waals surface area contributed by atoms with Crippen molar-refractivity contribution >= 4 is 26.2 Å². The predicted molar refractivity (Wildman–Crippen MR) is 70.5 cm³/mol. The molecule has 0 amide bonds. The highest BCUT2D eigenvalue weighted by Crippen LogP contribution is 2.25. The molecular weight excluding hydrogens is 222 g/mol. The van der Waals surface area contributed by atoms with Gasteiger partial charge in [0, 0.05) is 17.9 Å². The first-order chi connectivity index (χ1) is 7.59. The first-order valence-electron chi connectivity index (χ1n) is 4.63. The van der Waals surface area contributed by atoms with Crippen molar-refractivity contribution in [1.29, 1.82) is 0 Å². The maximum atomic E-state index is 10.9. The van der Waals surface area contributed by atoms with E-state index in [0.29, 0.717) is 12.2 Å². The van der Waals surface area contributed by atoms with Gasteiger partial charge in [-0.2, -0.15) is 0 Å². The third-order valence-corrected chi connectivity index (χ3v) is 3.78. The van der Waals surface area contributed by atoms with Crippen molar-refractivity contribution in [3.05, 3.63) is 24.3 Å². The summed E-state index contributed by atoms with van der Waals surface area (Å²) >= 11 is 0. The van der Waals surface area contributed by atoms with Gasteiger partial charge in [-0.1, -0.05) is 15.3 Å². The first-order valence-corrected chi connectivity index (χ1v) is 6.60. The Hall–Kier alpha value is -1.82. The highest BCUT2D eigenvalue weighted by Gasteiger charge is 2.01. The van der Waals surface area contributed by atoms with Gasteiger partial charge < -0.3 is 9.83 Å². The number of nitrogens with one attached hydrogen (secondary N) is 1. The summed E-state index contributed by atoms with van der Waals surface area (Å²) in [5.74, 6) is 6.98. The summed E-state index contributed by atoms with van der Waals surface area (Å²) in [6.07, 6.45) is 5.63. The Bertz CT molecular complexity index is 527. The fourth-order valence-electron chi connectivity index (χ4n) is 1.10. The Morgan fingerprint density at radius 1 is 1.44 bits per heavy atom. The third kappa shape index (κ3) is 3.39. The van der Waals surface area contributed by atoms with Crippen molar-refractivity contribution in [2.75, 3.05) is 10.5 Å². The van der Waals surface area contributed by atoms with Gasteiger partial charge in [-0.15, -0.1) is 12.3 Å². The second kappa shape index (κ2) is 5.32. The third-order valence-electron chi connectivity index (χ3n) is 1.93. The molecule has 4 heteroatoms. The van der Waals surface area contributed by atoms with Crippen molar-refractivity contribution in [3.63, 3.8) is 0 Å². The molecule has 1 aromatic carbocycles. The number of benzene rings is 1. The lowest BCUT2D eigenvalue weighted by Gasteiger charge is -2.14. The van der Waals surface area contributed by atoms with Gasteiger partial charge in [0.25, 0.3) is 0 Å². The lowest BCUT2D eigenvalue weighted by atomic mass is 10.3. The molecule has 0 saturated carbocycles. The maximum absolute atomic E-state index is 10.9. The van der Waals surface area contributed by atoms with Gasteiger partial charge in [-0.25, -0.2) is 4.79 Å². The average molecular weight is 235 g/mol. The molecule has 1 atom stereocenters. The highest BCUT2D eigenvalue weighted by molar-refractivity contribution is 8.29. The Kier molecular flexibility index (Phi) is 4.07. The zero-order valence-corrected chi connectivity index (χ0v) is 9.59. The molecule has 16 heavy (non-hydrogen) atoms. The summed E-state index contributed by atoms with van der Waals surface area (Å²) in [5, 5.41) is 11.0. The van der Waals surface area contributed by atoms with Gasteiger partial charge >= 0.3 is 0 Å². The van der Waals surface area contributed by atoms with Crippen molar-refractivity contribution in [2.45, 2.75) is 6.42 Å². The number of aromatic hydroxyl groups is 1. The molecule has 0 aliphatic carbocycles. The molecule has 0 fully saturated rings. The van der Waals surface area contributed by atoms with Gasteiger partial charge in [-0.3, -0.25) is 0 Å². The van der Waals surface area contributed by atoms with E-state index in [1.54, 1.807) is 12.1 Å². The molecule has 0 saturated heterocycles. The monoisotopic (exact) mass is 235 g/mol. The van der Waals surface area contributed by atoms with Crippen LogP contribution in [0.25, 0.3) is 0 Å². The molecule has 0 heterocycles. The SMILES string of the molecule is C#CCCS(=C)(=C=O)Nc1ccc(O)cc1. The molecule has 2 N–H and O–H groups in total. The van der Waals surface area contributed by atoms with Crippen LogP contribution in [-0.2, 0) is 4.79 Å². The summed E-state index contributed by atoms with van der Waals surface area (Å²) in [6, 6.07) is 6.42. The van der Waals surface area contributed by atoms with Crippen molar-refractivity contribution in [1.82, 2.24) is 0 Å². The van der Waals surface area contributed by atoms with Gasteiger partial charge in [-0.05, 0) is 24.3 Å². The largest absolute Gasteiger partial charge is 0.508 e. The number of anilines is 1. The van der Waals surface area contributed by atoms with Gasteiger partial charge in [0.05, 0.1) is 0 Å². The number of phenolic OH excluding ortho intramolecular Hbond substituents is 1. The lowest BCUT2D eigenvalue weighted by molar-refractivity contribution is 0.475. The van der Waals surface area contributed by atoms with Crippen LogP contribution in [0.2, 0.25) is 0 Å². The van der Waals surface area contributed by atoms with E-state index in [1.807, 2.05) is 5.23 Å². The van der Waals surface area contributed by atoms with E-state index in [2.05, 4.69) is 16.5 Å². The Morgan fingerprint density at radius 2 is 2.06 bits per heavy atom. The van der Waals surface area contributed by atoms with Crippen LogP contribution in [0.1, 0.15) is 6.42 Å². The summed E-state index contributed by atoms with van der Waals surface area (Å²) in [6.45, 7) is 0. The smallest absolute Gasteiger partial charge is 0.168 e. The van der Waals surface area contributed by atoms with E-state index in [9.17, 15) is 4.79 Å². The summed E-state index contributed by atoms with van der Waals surface area (Å²) < 4.78 is 3.01. The maximum Gasteiger partial charge on any atom is 0.168 e. The van der Waals surface area contributed by atoms with Crippen LogP contribution in [-0.4, -0.2) is 22.0 Å². The average Bonchev–Trinajstić information content (AvgIpc) is 2.30. The number of carbonyl (C=O) groups excluding carboxylic acids is 1. The van der Waals surface area contributed by atoms with Crippen molar-refractivity contribution < 1.29 is 9.90 Å². The number of hydrogen-bond donors (Lipinski definition) is 2. The normalized spacial score (nSPS) is 13.2. The van der Waals surface area contributed by atoms with E-state index in [0.717, 1.165) is 5.69 Å². The van der Waals surface area contributed by atoms with E-state index in [4.69, 9.17) is 11.5 Å². The second-order valence-corrected chi connectivity index (χ2v) is 5.82. The number of hydrogen-bond acceptors (Lipinski definition) is 3. The zero-order valence-electron chi connectivity index (χ0n) is 8.77. The van der Waals surface area contributed by atoms with Crippen molar-refractivity contribution in [2.24, 2.45) is 0 Å². The van der Waals surface area contributed by atoms with E-state index in [1.165, 1.54) is 12.1 Å². The first kappa shape index (κ1) is 12.3. The van der Waals surface area contributed by atoms with Crippen LogP contribution < -0.4 is 4.72 Å². The molecular formula is C12H13NO2S. The summed E-state index contributed by atoms with van der Waals surface area (Å²) in [5.41, 5.74) is 0.725. The quantitative estimate of drug-likeness (QED) is 0.477. The fraction of sp³-hybridized carbons (Fsp3) is 0.167. The van der Waals surface area contributed by atoms with Gasteiger partial charge in [0.15, 0.2) is 5.23 Å². The molecule has 0 spiro atoms. The van der Waals surface area contributed by atoms with Crippen molar-refractivity contribution in [3.8, 4) is 18.1 Å². The van der Waals surface area contributed by atoms with E-state index in [-0.39, 0.29) is 5.75 Å². The fourth-order valence-corrected chi connectivity index (χ4v) is 2.38. The van der Waals surface area contributed by atoms with E-state index >= 15 is 0 Å². The van der Waals surface area contributed by atoms with Crippen LogP contribution in [0, 0.1) is 12.3 Å². The van der Waals surface area contributed by atoms with Crippen LogP contribution in [0.15, 0.2) is 24.3 Å². The number of rotatable bonds is 4. The van der Waals surface area contributed by atoms with Gasteiger partial charge in [0.1, 0.15) is 5.75 Å². The van der Waals surface area contributed by atoms with Crippen LogP contribution >= 0.6 is 9.39 Å². The minimum atomic E-state index is -1.93. The summed E-state index contributed by atoms with van der Waals surface area (Å²) in [7, 11) is -1.93. The molecule has 0 aliphatic rings. The molecule has 0 bridgehead atoms. The van der Waals surface area contributed by atoms with E-state index < -0.39 is 9.39 Å². The van der Waals surface area contributed by atoms with Crippen LogP contribution in [0.4, 0.5) is 5.69 Å². The summed E-state index contributed by atoms with van der Waals surface area (Å²) in [4.78, 5) is 10.9. The molecule has 3 nitrogen and oxygen atoms in total. The Labute approximate surface area is 95.7 Å². The zero-order chi connectivity index (χ0) is 12.0. The molecule has 1 aromatic rings. The Morgan fingerprint density at radius 3 is 2.56 bits per heavy atom. The molecule has 1 rings (SSSR count). The standard InChI is InChI=1S/C12H13NO2S/c1-3-4-9-16(2,10-14)13-11-5-7-12(15)8-6-11/h1,5-8,13,15H,2,4,9H2. The van der Waals surface area contributed by atoms with Gasteiger partial charge in [0.2, 0.25) is 0 Å². The lowest BCUT2D eigenvalue weighted by Crippen LogP contribution is -1.99. The second-order valence-electron chi connectivity index (χ2n) is 3.27. The van der Waals surface area contributed by atoms with Crippen LogP contribution in [0.3, 0.4) is 0 Å². The molecule has 0 aliphatic heterocycles. The minimum absolute atomic E-state index is 0.175. The topological polar surface area (TPSA) is 49.3 Å². The number of phenols is 1. The number of terminal acetylenes is 1. The van der Waals surface area contributed by atoms with Crippen LogP contribution in [0.5, 0.6) is 5.75 Å². The molecule has 1 unspecified atom stereocenters. The molecule has 0 aromatic heterocycles. The highest BCUT2D eigenvalue weighted by atomic mass is 32.2. The minimum Gasteiger partial charge on any atom is -0.508 e. The molecule has 0 radical (unpaired) electrons. The Balaban J connectivity index is 2.87. The predicted octanol–water partition coefficient (Wildman–Crippen LogP) is 2.05. The molecule has 84 valence electrons.